The van der Waals surface area contributed by atoms with Gasteiger partial charge in [0.15, 0.2) is 0 Å². The summed E-state index contributed by atoms with van der Waals surface area (Å²) in [6, 6.07) is 5.37. The predicted molar refractivity (Wildman–Crippen MR) is 54.2 cm³/mol. The summed E-state index contributed by atoms with van der Waals surface area (Å²) in [6.45, 7) is 2.13. The first-order valence-corrected chi connectivity index (χ1v) is 5.19. The molecule has 1 aromatic rings. The van der Waals surface area contributed by atoms with Crippen LogP contribution in [0.4, 0.5) is 4.39 Å². The number of benzene rings is 1. The number of halogens is 2. The highest BCUT2D eigenvalue weighted by atomic mass is 79.9. The van der Waals surface area contributed by atoms with Crippen LogP contribution in [0.25, 0.3) is 0 Å². The van der Waals surface area contributed by atoms with Gasteiger partial charge in [0.2, 0.25) is 0 Å². The normalized spacial score (nSPS) is 17.1. The lowest BCUT2D eigenvalue weighted by molar-refractivity contribution is 0.346. The molecule has 0 radical (unpaired) electrons. The highest BCUT2D eigenvalue weighted by Crippen LogP contribution is 2.19. The van der Waals surface area contributed by atoms with Crippen LogP contribution in [0.5, 0.6) is 0 Å². The summed E-state index contributed by atoms with van der Waals surface area (Å²) >= 11 is 3.14. The van der Waals surface area contributed by atoms with Gasteiger partial charge in [0, 0.05) is 0 Å². The summed E-state index contributed by atoms with van der Waals surface area (Å²) < 4.78 is 13.6. The summed E-state index contributed by atoms with van der Waals surface area (Å²) in [5.41, 5.74) is 1.09. The van der Waals surface area contributed by atoms with E-state index < -0.39 is 0 Å². The highest BCUT2D eigenvalue weighted by Gasteiger charge is 2.17. The van der Waals surface area contributed by atoms with Crippen molar-refractivity contribution in [1.29, 1.82) is 0 Å². The number of nitrogens with one attached hydrogen (secondary N) is 1. The first-order valence-electron chi connectivity index (χ1n) is 4.40. The summed E-state index contributed by atoms with van der Waals surface area (Å²) in [7, 11) is 0. The molecule has 0 spiro atoms. The Hall–Kier alpha value is -0.410. The van der Waals surface area contributed by atoms with Gasteiger partial charge in [0.05, 0.1) is 4.47 Å². The van der Waals surface area contributed by atoms with Crippen molar-refractivity contribution in [2.75, 3.05) is 13.1 Å². The van der Waals surface area contributed by atoms with Crippen LogP contribution in [0.2, 0.25) is 0 Å². The molecule has 1 aliphatic heterocycles. The molecule has 0 unspecified atom stereocenters. The Morgan fingerprint density at radius 3 is 2.77 bits per heavy atom. The van der Waals surface area contributed by atoms with Crippen LogP contribution >= 0.6 is 15.9 Å². The Kier molecular flexibility index (Phi) is 2.65. The van der Waals surface area contributed by atoms with Crippen LogP contribution in [0.1, 0.15) is 5.56 Å². The van der Waals surface area contributed by atoms with Crippen LogP contribution in [-0.4, -0.2) is 13.1 Å². The summed E-state index contributed by atoms with van der Waals surface area (Å²) in [5.74, 6) is 0.533. The second-order valence-corrected chi connectivity index (χ2v) is 4.33. The van der Waals surface area contributed by atoms with Gasteiger partial charge < -0.3 is 5.32 Å². The maximum atomic E-state index is 13.1. The van der Waals surface area contributed by atoms with E-state index in [0.29, 0.717) is 10.4 Å². The number of rotatable bonds is 2. The lowest BCUT2D eigenvalue weighted by Crippen LogP contribution is -2.43. The molecule has 1 aliphatic rings. The van der Waals surface area contributed by atoms with Crippen molar-refractivity contribution in [3.05, 3.63) is 34.1 Å². The first kappa shape index (κ1) is 9.16. The Morgan fingerprint density at radius 2 is 2.23 bits per heavy atom. The zero-order valence-electron chi connectivity index (χ0n) is 7.19. The van der Waals surface area contributed by atoms with E-state index in [2.05, 4.69) is 21.2 Å². The van der Waals surface area contributed by atoms with Crippen LogP contribution in [-0.2, 0) is 6.42 Å². The topological polar surface area (TPSA) is 12.0 Å². The van der Waals surface area contributed by atoms with Gasteiger partial charge in [0.25, 0.3) is 0 Å². The van der Waals surface area contributed by atoms with Crippen LogP contribution in [0, 0.1) is 11.7 Å². The Bertz CT molecular complexity index is 310. The van der Waals surface area contributed by atoms with Gasteiger partial charge in [-0.15, -0.1) is 0 Å². The minimum absolute atomic E-state index is 0.162. The van der Waals surface area contributed by atoms with E-state index in [1.807, 2.05) is 6.07 Å². The van der Waals surface area contributed by atoms with E-state index >= 15 is 0 Å². The third-order valence-corrected chi connectivity index (χ3v) is 3.02. The zero-order valence-corrected chi connectivity index (χ0v) is 8.77. The molecule has 1 heterocycles. The van der Waals surface area contributed by atoms with Crippen molar-refractivity contribution < 1.29 is 4.39 Å². The van der Waals surface area contributed by atoms with Crippen molar-refractivity contribution in [3.8, 4) is 0 Å². The van der Waals surface area contributed by atoms with Crippen LogP contribution in [0.3, 0.4) is 0 Å². The average Bonchev–Trinajstić information content (AvgIpc) is 2.04. The molecule has 3 heteroatoms. The SMILES string of the molecule is Fc1cc(CC2CNC2)ccc1Br. The van der Waals surface area contributed by atoms with E-state index in [1.165, 1.54) is 0 Å². The maximum absolute atomic E-state index is 13.1. The van der Waals surface area contributed by atoms with Gasteiger partial charge in [-0.25, -0.2) is 4.39 Å². The maximum Gasteiger partial charge on any atom is 0.137 e. The summed E-state index contributed by atoms with van der Waals surface area (Å²) in [6.07, 6.45) is 0.983. The monoisotopic (exact) mass is 243 g/mol. The van der Waals surface area contributed by atoms with E-state index in [0.717, 1.165) is 25.1 Å². The van der Waals surface area contributed by atoms with Gasteiger partial charge >= 0.3 is 0 Å². The molecule has 70 valence electrons. The molecule has 1 N–H and O–H groups in total. The Balaban J connectivity index is 2.07. The van der Waals surface area contributed by atoms with E-state index in [9.17, 15) is 4.39 Å². The second kappa shape index (κ2) is 3.76. The fraction of sp³-hybridized carbons (Fsp3) is 0.400. The van der Waals surface area contributed by atoms with Gasteiger partial charge in [-0.3, -0.25) is 0 Å². The fourth-order valence-electron chi connectivity index (χ4n) is 1.49. The van der Waals surface area contributed by atoms with E-state index in [4.69, 9.17) is 0 Å². The molecule has 0 bridgehead atoms. The second-order valence-electron chi connectivity index (χ2n) is 3.48. The van der Waals surface area contributed by atoms with Gasteiger partial charge in [-0.1, -0.05) is 6.07 Å². The lowest BCUT2D eigenvalue weighted by Gasteiger charge is -2.27. The molecule has 13 heavy (non-hydrogen) atoms. The molecule has 1 nitrogen and oxygen atoms in total. The molecule has 1 fully saturated rings. The Labute approximate surface area is 85.5 Å². The molecular formula is C10H11BrFN. The van der Waals surface area contributed by atoms with Crippen molar-refractivity contribution in [2.24, 2.45) is 5.92 Å². The smallest absolute Gasteiger partial charge is 0.137 e. The van der Waals surface area contributed by atoms with Gasteiger partial charge in [-0.05, 0) is 59.1 Å². The van der Waals surface area contributed by atoms with Gasteiger partial charge in [-0.2, -0.15) is 0 Å². The minimum Gasteiger partial charge on any atom is -0.316 e. The summed E-state index contributed by atoms with van der Waals surface area (Å²) in [4.78, 5) is 0. The first-order chi connectivity index (χ1) is 6.25. The quantitative estimate of drug-likeness (QED) is 0.842. The predicted octanol–water partition coefficient (Wildman–Crippen LogP) is 2.35. The molecule has 0 atom stereocenters. The molecule has 2 rings (SSSR count). The molecule has 0 aliphatic carbocycles. The largest absolute Gasteiger partial charge is 0.316 e. The van der Waals surface area contributed by atoms with Crippen LogP contribution < -0.4 is 5.32 Å². The molecule has 0 amide bonds. The summed E-state index contributed by atoms with van der Waals surface area (Å²) in [5, 5.41) is 3.20. The molecule has 1 aromatic carbocycles. The van der Waals surface area contributed by atoms with Gasteiger partial charge in [0.1, 0.15) is 5.82 Å². The average molecular weight is 244 g/mol. The van der Waals surface area contributed by atoms with E-state index in [-0.39, 0.29) is 5.82 Å². The lowest BCUT2D eigenvalue weighted by atomic mass is 9.94. The van der Waals surface area contributed by atoms with Crippen molar-refractivity contribution in [1.82, 2.24) is 5.32 Å². The van der Waals surface area contributed by atoms with Crippen LogP contribution in [0.15, 0.2) is 22.7 Å². The number of hydrogen-bond acceptors (Lipinski definition) is 1. The number of hydrogen-bond donors (Lipinski definition) is 1. The molecular weight excluding hydrogens is 233 g/mol. The van der Waals surface area contributed by atoms with Crippen molar-refractivity contribution >= 4 is 15.9 Å². The third-order valence-electron chi connectivity index (χ3n) is 2.37. The third kappa shape index (κ3) is 2.09. The fourth-order valence-corrected chi connectivity index (χ4v) is 1.74. The standard InChI is InChI=1S/C10H11BrFN/c11-9-2-1-7(4-10(9)12)3-8-5-13-6-8/h1-2,4,8,13H,3,5-6H2. The zero-order chi connectivity index (χ0) is 9.26. The van der Waals surface area contributed by atoms with Crippen molar-refractivity contribution in [2.45, 2.75) is 6.42 Å². The molecule has 0 saturated carbocycles. The Morgan fingerprint density at radius 1 is 1.46 bits per heavy atom. The minimum atomic E-state index is -0.162. The van der Waals surface area contributed by atoms with Crippen molar-refractivity contribution in [3.63, 3.8) is 0 Å². The molecule has 0 aromatic heterocycles. The van der Waals surface area contributed by atoms with E-state index in [1.54, 1.807) is 12.1 Å². The molecule has 1 saturated heterocycles. The highest BCUT2D eigenvalue weighted by molar-refractivity contribution is 9.10.